The number of nitrogens with zero attached hydrogens (tertiary/aromatic N) is 3. The number of aliphatic carboxylic acids is 1. The topological polar surface area (TPSA) is 119 Å². The van der Waals surface area contributed by atoms with Gasteiger partial charge < -0.3 is 19.5 Å². The summed E-state index contributed by atoms with van der Waals surface area (Å²) in [5, 5.41) is 13.7. The molecule has 1 amide bonds. The van der Waals surface area contributed by atoms with Gasteiger partial charge in [-0.05, 0) is 49.7 Å². The summed E-state index contributed by atoms with van der Waals surface area (Å²) in [6.07, 6.45) is 9.27. The van der Waals surface area contributed by atoms with Crippen molar-refractivity contribution in [2.45, 2.75) is 89.7 Å². The maximum absolute atomic E-state index is 13.8. The summed E-state index contributed by atoms with van der Waals surface area (Å²) in [6, 6.07) is 6.80. The van der Waals surface area contributed by atoms with E-state index in [4.69, 9.17) is 19.4 Å². The van der Waals surface area contributed by atoms with Gasteiger partial charge in [0.2, 0.25) is 5.91 Å². The van der Waals surface area contributed by atoms with Gasteiger partial charge in [0.1, 0.15) is 28.3 Å². The lowest BCUT2D eigenvalue weighted by Gasteiger charge is -2.24. The van der Waals surface area contributed by atoms with Gasteiger partial charge in [-0.15, -0.1) is 11.3 Å². The smallest absolute Gasteiger partial charge is 0.310 e. The second-order valence-electron chi connectivity index (χ2n) is 13.0. The Labute approximate surface area is 267 Å². The van der Waals surface area contributed by atoms with Crippen LogP contribution in [0.3, 0.4) is 0 Å². The van der Waals surface area contributed by atoms with E-state index in [9.17, 15) is 19.5 Å². The van der Waals surface area contributed by atoms with Crippen molar-refractivity contribution in [3.05, 3.63) is 47.5 Å². The zero-order valence-electron chi connectivity index (χ0n) is 26.2. The number of carbonyl (C=O) groups excluding carboxylic acids is 2. The van der Waals surface area contributed by atoms with Gasteiger partial charge in [-0.2, -0.15) is 0 Å². The van der Waals surface area contributed by atoms with Crippen LogP contribution in [0.2, 0.25) is 0 Å². The lowest BCUT2D eigenvalue weighted by molar-refractivity contribution is -0.147. The van der Waals surface area contributed by atoms with Crippen molar-refractivity contribution >= 4 is 39.9 Å². The largest absolute Gasteiger partial charge is 0.497 e. The van der Waals surface area contributed by atoms with Crippen LogP contribution in [0.15, 0.2) is 41.8 Å². The summed E-state index contributed by atoms with van der Waals surface area (Å²) in [7, 11) is 1.61. The quantitative estimate of drug-likeness (QED) is 0.295. The summed E-state index contributed by atoms with van der Waals surface area (Å²) in [6.45, 7) is 4.47. The molecule has 2 aliphatic heterocycles. The molecular formula is C35H41N3O6S. The summed E-state index contributed by atoms with van der Waals surface area (Å²) in [5.41, 5.74) is 1.28. The third-order valence-corrected chi connectivity index (χ3v) is 10.4. The Kier molecular flexibility index (Phi) is 8.95. The van der Waals surface area contributed by atoms with E-state index in [-0.39, 0.29) is 36.5 Å². The summed E-state index contributed by atoms with van der Waals surface area (Å²) in [4.78, 5) is 51.1. The minimum Gasteiger partial charge on any atom is -0.497 e. The number of carboxylic acid groups (broad SMARTS) is 1. The molecule has 10 heteroatoms. The Morgan fingerprint density at radius 2 is 1.96 bits per heavy atom. The first-order valence-electron chi connectivity index (χ1n) is 16.0. The average Bonchev–Trinajstić information content (AvgIpc) is 3.33. The number of carbonyl (C=O) groups is 3. The molecule has 1 aromatic carbocycles. The molecule has 45 heavy (non-hydrogen) atoms. The molecule has 2 aromatic heterocycles. The fraction of sp³-hybridized carbons (Fsp3) is 0.514. The maximum Gasteiger partial charge on any atom is 0.310 e. The summed E-state index contributed by atoms with van der Waals surface area (Å²) in [5.74, 6) is 0.196. The number of benzene rings is 1. The number of Topliss-reactive ketones (excluding diaryl/α,β-unsaturated/α-hetero) is 1. The van der Waals surface area contributed by atoms with Crippen LogP contribution in [0.1, 0.15) is 83.2 Å². The van der Waals surface area contributed by atoms with Crippen LogP contribution in [0.5, 0.6) is 11.5 Å². The van der Waals surface area contributed by atoms with Crippen LogP contribution < -0.4 is 9.47 Å². The average molecular weight is 632 g/mol. The lowest BCUT2D eigenvalue weighted by Crippen LogP contribution is -2.42. The van der Waals surface area contributed by atoms with Crippen LogP contribution in [0.4, 0.5) is 0 Å². The van der Waals surface area contributed by atoms with Crippen molar-refractivity contribution in [2.75, 3.05) is 13.7 Å². The van der Waals surface area contributed by atoms with Crippen LogP contribution in [0, 0.1) is 11.3 Å². The molecule has 9 nitrogen and oxygen atoms in total. The molecule has 4 heterocycles. The predicted octanol–water partition coefficient (Wildman–Crippen LogP) is 6.80. The highest BCUT2D eigenvalue weighted by molar-refractivity contribution is 7.13. The summed E-state index contributed by atoms with van der Waals surface area (Å²) < 4.78 is 12.1. The number of methoxy groups -OCH3 is 1. The number of rotatable bonds is 6. The molecule has 6 rings (SSSR count). The first kappa shape index (κ1) is 31.2. The Bertz CT molecular complexity index is 1630. The van der Waals surface area contributed by atoms with Crippen molar-refractivity contribution in [2.24, 2.45) is 11.3 Å². The number of ketones is 1. The molecular weight excluding hydrogens is 590 g/mol. The molecule has 0 unspecified atom stereocenters. The minimum atomic E-state index is -1.08. The molecule has 1 saturated heterocycles. The minimum absolute atomic E-state index is 0.0711. The molecule has 2 fully saturated rings. The van der Waals surface area contributed by atoms with Gasteiger partial charge in [-0.3, -0.25) is 14.4 Å². The monoisotopic (exact) mass is 631 g/mol. The van der Waals surface area contributed by atoms with Gasteiger partial charge in [0, 0.05) is 42.2 Å². The molecule has 1 saturated carbocycles. The Morgan fingerprint density at radius 3 is 2.71 bits per heavy atom. The number of pyridine rings is 1. The number of allylic oxidation sites excluding steroid dienone is 2. The first-order valence-corrected chi connectivity index (χ1v) is 16.9. The standard InChI is InChI=1S/C35H41N3O6S/c1-21(2)28-20-45-33(37-28)27-16-31(25-13-12-23(43-3)14-26(25)36-27)44-24-15-29-30(39)18-35(34(41)42)17-22(35)10-8-6-4-5-7-9-11-32(40)38(29)19-24/h8,10,12-14,16,20-22,24,29H,4-7,9,11,15,17-19H2,1-3H3,(H,41,42)/b10-8-/t22-,24+,29-,35+/m0/s1. The van der Waals surface area contributed by atoms with Gasteiger partial charge in [0.05, 0.1) is 36.3 Å². The van der Waals surface area contributed by atoms with Crippen molar-refractivity contribution < 1.29 is 29.0 Å². The number of hydrogen-bond acceptors (Lipinski definition) is 8. The Balaban J connectivity index is 1.30. The Hall–Kier alpha value is -3.79. The van der Waals surface area contributed by atoms with Gasteiger partial charge in [-0.1, -0.05) is 38.8 Å². The zero-order valence-corrected chi connectivity index (χ0v) is 27.0. The molecule has 3 aromatic rings. The number of carboxylic acids is 1. The van der Waals surface area contributed by atoms with E-state index < -0.39 is 23.5 Å². The van der Waals surface area contributed by atoms with Crippen molar-refractivity contribution in [1.82, 2.24) is 14.9 Å². The molecule has 4 atom stereocenters. The predicted molar refractivity (Wildman–Crippen MR) is 173 cm³/mol. The van der Waals surface area contributed by atoms with E-state index in [1.165, 1.54) is 11.3 Å². The zero-order chi connectivity index (χ0) is 31.7. The number of hydrogen-bond donors (Lipinski definition) is 1. The second-order valence-corrected chi connectivity index (χ2v) is 13.8. The maximum atomic E-state index is 13.8. The lowest BCUT2D eigenvalue weighted by atomic mass is 9.92. The second kappa shape index (κ2) is 12.9. The van der Waals surface area contributed by atoms with Crippen molar-refractivity contribution in [1.29, 1.82) is 0 Å². The third-order valence-electron chi connectivity index (χ3n) is 9.49. The highest BCUT2D eigenvalue weighted by Crippen LogP contribution is 2.57. The van der Waals surface area contributed by atoms with E-state index in [0.717, 1.165) is 48.2 Å². The fourth-order valence-electron chi connectivity index (χ4n) is 6.66. The highest BCUT2D eigenvalue weighted by Gasteiger charge is 2.61. The van der Waals surface area contributed by atoms with Crippen LogP contribution in [0.25, 0.3) is 21.6 Å². The SMILES string of the molecule is COc1ccc2c(O[C@@H]3C[C@H]4C(=O)C[C@]5(C(=O)O)C[C@@H]5/C=C\CCCCCCC(=O)N4C3)cc(-c3nc(C(C)C)cs3)nc2c1. The number of amides is 1. The molecule has 3 aliphatic rings. The van der Waals surface area contributed by atoms with E-state index in [1.54, 1.807) is 12.0 Å². The number of aromatic nitrogens is 2. The van der Waals surface area contributed by atoms with Crippen LogP contribution in [-0.2, 0) is 14.4 Å². The third kappa shape index (κ3) is 6.48. The fourth-order valence-corrected chi connectivity index (χ4v) is 7.60. The van der Waals surface area contributed by atoms with Crippen molar-refractivity contribution in [3.63, 3.8) is 0 Å². The number of fused-ring (bicyclic) bond motifs is 3. The van der Waals surface area contributed by atoms with Gasteiger partial charge in [0.25, 0.3) is 0 Å². The van der Waals surface area contributed by atoms with E-state index in [1.807, 2.05) is 35.7 Å². The summed E-state index contributed by atoms with van der Waals surface area (Å²) >= 11 is 1.53. The molecule has 1 N–H and O–H groups in total. The van der Waals surface area contributed by atoms with E-state index >= 15 is 0 Å². The molecule has 0 spiro atoms. The van der Waals surface area contributed by atoms with Crippen LogP contribution >= 0.6 is 11.3 Å². The molecule has 1 aliphatic carbocycles. The number of thiazole rings is 1. The Morgan fingerprint density at radius 1 is 1.13 bits per heavy atom. The van der Waals surface area contributed by atoms with Crippen molar-refractivity contribution in [3.8, 4) is 22.2 Å². The first-order chi connectivity index (χ1) is 21.7. The van der Waals surface area contributed by atoms with Crippen LogP contribution in [-0.4, -0.2) is 63.4 Å². The van der Waals surface area contributed by atoms with Gasteiger partial charge >= 0.3 is 5.97 Å². The van der Waals surface area contributed by atoms with E-state index in [2.05, 4.69) is 19.9 Å². The molecule has 0 bridgehead atoms. The highest BCUT2D eigenvalue weighted by atomic mass is 32.1. The van der Waals surface area contributed by atoms with Gasteiger partial charge in [-0.25, -0.2) is 9.97 Å². The molecule has 238 valence electrons. The number of ether oxygens (including phenoxy) is 2. The van der Waals surface area contributed by atoms with E-state index in [0.29, 0.717) is 42.0 Å². The van der Waals surface area contributed by atoms with Gasteiger partial charge in [0.15, 0.2) is 5.78 Å². The molecule has 0 radical (unpaired) electrons. The normalized spacial score (nSPS) is 26.6.